The van der Waals surface area contributed by atoms with E-state index in [0.29, 0.717) is 40.8 Å². The average molecular weight is 515 g/mol. The monoisotopic (exact) mass is 514 g/mol. The summed E-state index contributed by atoms with van der Waals surface area (Å²) in [6, 6.07) is 24.1. The molecule has 4 aromatic rings. The molecule has 1 unspecified atom stereocenters. The smallest absolute Gasteiger partial charge is 0.269 e. The van der Waals surface area contributed by atoms with Gasteiger partial charge >= 0.3 is 0 Å². The quantitative estimate of drug-likeness (QED) is 0.200. The second-order valence-corrected chi connectivity index (χ2v) is 11.0. The lowest BCUT2D eigenvalue weighted by Gasteiger charge is -2.44. The minimum absolute atomic E-state index is 0.105. The van der Waals surface area contributed by atoms with Gasteiger partial charge in [0.15, 0.2) is 17.3 Å². The zero-order valence-electron chi connectivity index (χ0n) is 20.8. The van der Waals surface area contributed by atoms with Gasteiger partial charge in [0.1, 0.15) is 11.0 Å². The van der Waals surface area contributed by atoms with Crippen molar-refractivity contribution < 1.29 is 19.3 Å². The van der Waals surface area contributed by atoms with Crippen LogP contribution in [0.25, 0.3) is 10.8 Å². The first-order valence-corrected chi connectivity index (χ1v) is 13.2. The molecule has 39 heavy (non-hydrogen) atoms. The molecular weight excluding hydrogens is 492 g/mol. The first-order valence-electron chi connectivity index (χ1n) is 13.2. The molecule has 0 N–H and O–H groups in total. The van der Waals surface area contributed by atoms with Crippen LogP contribution < -0.4 is 0 Å². The number of fused-ring (bicyclic) bond motifs is 5. The first kappa shape index (κ1) is 22.5. The SMILES string of the molecule is O=C1c2ccccc2C(=O)C12[C@H](c1cccc([N+](=O)[O-])c1)[C@H]1CCCN1C21C(=O)c2cccc3cccc1c23. The van der Waals surface area contributed by atoms with Crippen molar-refractivity contribution in [3.05, 3.63) is 123 Å². The van der Waals surface area contributed by atoms with Crippen LogP contribution in [-0.4, -0.2) is 39.8 Å². The average Bonchev–Trinajstić information content (AvgIpc) is 3.65. The molecule has 8 rings (SSSR count). The van der Waals surface area contributed by atoms with Crippen molar-refractivity contribution >= 4 is 33.8 Å². The Morgan fingerprint density at radius 1 is 0.795 bits per heavy atom. The number of ketones is 3. The Labute approximate surface area is 223 Å². The van der Waals surface area contributed by atoms with E-state index in [-0.39, 0.29) is 29.1 Å². The van der Waals surface area contributed by atoms with Gasteiger partial charge < -0.3 is 0 Å². The zero-order chi connectivity index (χ0) is 26.7. The van der Waals surface area contributed by atoms with E-state index in [1.165, 1.54) is 12.1 Å². The lowest BCUT2D eigenvalue weighted by atomic mass is 9.56. The predicted molar refractivity (Wildman–Crippen MR) is 143 cm³/mol. The molecule has 2 heterocycles. The van der Waals surface area contributed by atoms with Gasteiger partial charge in [0.2, 0.25) is 0 Å². The van der Waals surface area contributed by atoms with Gasteiger partial charge in [-0.05, 0) is 41.3 Å². The van der Waals surface area contributed by atoms with Crippen molar-refractivity contribution in [2.24, 2.45) is 5.41 Å². The summed E-state index contributed by atoms with van der Waals surface area (Å²) in [7, 11) is 0. The van der Waals surface area contributed by atoms with Crippen LogP contribution >= 0.6 is 0 Å². The van der Waals surface area contributed by atoms with Crippen LogP contribution in [0.2, 0.25) is 0 Å². The Balaban J connectivity index is 1.53. The lowest BCUT2D eigenvalue weighted by molar-refractivity contribution is -0.384. The van der Waals surface area contributed by atoms with E-state index in [0.717, 1.165) is 17.2 Å². The number of hydrogen-bond donors (Lipinski definition) is 0. The van der Waals surface area contributed by atoms with Crippen LogP contribution in [0.15, 0.2) is 84.9 Å². The van der Waals surface area contributed by atoms with Gasteiger partial charge in [0.25, 0.3) is 5.69 Å². The fourth-order valence-electron chi connectivity index (χ4n) is 8.44. The molecule has 0 bridgehead atoms. The van der Waals surface area contributed by atoms with Crippen LogP contribution in [0.4, 0.5) is 5.69 Å². The molecule has 4 aromatic carbocycles. The maximum absolute atomic E-state index is 14.9. The number of non-ortho nitro benzene ring substituents is 1. The Hall–Kier alpha value is -4.49. The van der Waals surface area contributed by atoms with E-state index in [2.05, 4.69) is 4.90 Å². The number of nitro benzene ring substituents is 1. The van der Waals surface area contributed by atoms with E-state index in [1.807, 2.05) is 30.3 Å². The number of carbonyl (C=O) groups is 3. The summed E-state index contributed by atoms with van der Waals surface area (Å²) >= 11 is 0. The molecule has 0 amide bonds. The topological polar surface area (TPSA) is 97.6 Å². The van der Waals surface area contributed by atoms with E-state index in [4.69, 9.17) is 0 Å². The van der Waals surface area contributed by atoms with Crippen molar-refractivity contribution in [1.82, 2.24) is 4.90 Å². The maximum atomic E-state index is 14.9. The third kappa shape index (κ3) is 2.33. The largest absolute Gasteiger partial charge is 0.293 e. The van der Waals surface area contributed by atoms with Crippen molar-refractivity contribution in [2.75, 3.05) is 6.54 Å². The van der Waals surface area contributed by atoms with Gasteiger partial charge in [0, 0.05) is 40.8 Å². The summed E-state index contributed by atoms with van der Waals surface area (Å²) in [5, 5.41) is 13.5. The van der Waals surface area contributed by atoms with E-state index < -0.39 is 21.8 Å². The number of nitro groups is 1. The number of hydrogen-bond acceptors (Lipinski definition) is 6. The van der Waals surface area contributed by atoms with Crippen LogP contribution in [0, 0.1) is 15.5 Å². The highest BCUT2D eigenvalue weighted by Crippen LogP contribution is 2.71. The number of benzene rings is 4. The highest BCUT2D eigenvalue weighted by atomic mass is 16.6. The highest BCUT2D eigenvalue weighted by Gasteiger charge is 2.81. The van der Waals surface area contributed by atoms with Crippen molar-refractivity contribution in [1.29, 1.82) is 0 Å². The summed E-state index contributed by atoms with van der Waals surface area (Å²) < 4.78 is 0. The molecule has 190 valence electrons. The number of carbonyl (C=O) groups excluding carboxylic acids is 3. The molecule has 2 aliphatic carbocycles. The Bertz CT molecular complexity index is 1790. The highest BCUT2D eigenvalue weighted by molar-refractivity contribution is 6.36. The van der Waals surface area contributed by atoms with Crippen LogP contribution in [0.3, 0.4) is 0 Å². The molecule has 7 heteroatoms. The first-order chi connectivity index (χ1) is 18.9. The molecule has 0 aromatic heterocycles. The van der Waals surface area contributed by atoms with Gasteiger partial charge in [-0.25, -0.2) is 0 Å². The molecular formula is C32H22N2O5. The van der Waals surface area contributed by atoms with E-state index >= 15 is 0 Å². The maximum Gasteiger partial charge on any atom is 0.269 e. The second-order valence-electron chi connectivity index (χ2n) is 11.0. The normalized spacial score (nSPS) is 26.2. The van der Waals surface area contributed by atoms with E-state index in [1.54, 1.807) is 42.5 Å². The minimum Gasteiger partial charge on any atom is -0.293 e. The van der Waals surface area contributed by atoms with E-state index in [9.17, 15) is 24.5 Å². The zero-order valence-corrected chi connectivity index (χ0v) is 20.8. The summed E-state index contributed by atoms with van der Waals surface area (Å²) in [5.74, 6) is -1.70. The molecule has 0 radical (unpaired) electrons. The van der Waals surface area contributed by atoms with Crippen molar-refractivity contribution in [3.8, 4) is 0 Å². The van der Waals surface area contributed by atoms with Gasteiger partial charge in [0.05, 0.1) is 4.92 Å². The minimum atomic E-state index is -1.79. The van der Waals surface area contributed by atoms with Crippen molar-refractivity contribution in [3.63, 3.8) is 0 Å². The Morgan fingerprint density at radius 2 is 1.46 bits per heavy atom. The number of nitrogens with zero attached hydrogens (tertiary/aromatic N) is 2. The van der Waals surface area contributed by atoms with Crippen LogP contribution in [0.1, 0.15) is 61.0 Å². The van der Waals surface area contributed by atoms with Crippen molar-refractivity contribution in [2.45, 2.75) is 30.3 Å². The van der Waals surface area contributed by atoms with Gasteiger partial charge in [-0.1, -0.05) is 72.8 Å². The Kier molecular flexibility index (Phi) is 4.23. The summed E-state index contributed by atoms with van der Waals surface area (Å²) in [6.07, 6.45) is 1.47. The molecule has 4 aliphatic rings. The number of rotatable bonds is 2. The molecule has 0 saturated carbocycles. The molecule has 3 atom stereocenters. The summed E-state index contributed by atoms with van der Waals surface area (Å²) in [5.41, 5.74) is -1.06. The molecule has 2 saturated heterocycles. The molecule has 2 aliphatic heterocycles. The standard InChI is InChI=1S/C32H22N2O5/c35-28-21-11-1-2-12-22(21)29(36)31(28)27(19-9-3-10-20(17-19)34(38)39)25-15-6-16-33(25)32(31)24-14-5-8-18-7-4-13-23(26(18)24)30(32)37/h1-5,7-14,17,25,27H,6,15-16H2/t25-,27-,32?/m1/s1. The lowest BCUT2D eigenvalue weighted by Crippen LogP contribution is -2.60. The molecule has 2 spiro atoms. The van der Waals surface area contributed by atoms with Gasteiger partial charge in [-0.3, -0.25) is 29.4 Å². The summed E-state index contributed by atoms with van der Waals surface area (Å²) in [6.45, 7) is 0.546. The summed E-state index contributed by atoms with van der Waals surface area (Å²) in [4.78, 5) is 58.2. The predicted octanol–water partition coefficient (Wildman–Crippen LogP) is 5.47. The second kappa shape index (κ2) is 7.33. The molecule has 2 fully saturated rings. The Morgan fingerprint density at radius 3 is 2.18 bits per heavy atom. The van der Waals surface area contributed by atoms with Gasteiger partial charge in [-0.15, -0.1) is 0 Å². The fourth-order valence-corrected chi connectivity index (χ4v) is 8.44. The fraction of sp³-hybridized carbons (Fsp3) is 0.219. The third-order valence-corrected chi connectivity index (χ3v) is 9.59. The molecule has 7 nitrogen and oxygen atoms in total. The van der Waals surface area contributed by atoms with Gasteiger partial charge in [-0.2, -0.15) is 0 Å². The number of Topliss-reactive ketones (excluding diaryl/α,β-unsaturated/α-hetero) is 3. The van der Waals surface area contributed by atoms with Crippen LogP contribution in [-0.2, 0) is 5.54 Å². The van der Waals surface area contributed by atoms with Crippen LogP contribution in [0.5, 0.6) is 0 Å². The third-order valence-electron chi connectivity index (χ3n) is 9.59.